The van der Waals surface area contributed by atoms with Gasteiger partial charge < -0.3 is 24.6 Å². The number of ether oxygens (including phenoxy) is 2. The normalized spacial score (nSPS) is 13.4. The van der Waals surface area contributed by atoms with Crippen LogP contribution < -0.4 is 19.7 Å². The molecule has 9 heteroatoms. The van der Waals surface area contributed by atoms with Gasteiger partial charge in [-0.05, 0) is 54.6 Å². The van der Waals surface area contributed by atoms with Gasteiger partial charge in [0, 0.05) is 42.5 Å². The van der Waals surface area contributed by atoms with Gasteiger partial charge in [0.2, 0.25) is 0 Å². The van der Waals surface area contributed by atoms with Crippen LogP contribution in [-0.2, 0) is 0 Å². The number of rotatable bonds is 6. The van der Waals surface area contributed by atoms with Crippen LogP contribution in [0.1, 0.15) is 20.7 Å². The molecule has 0 aliphatic carbocycles. The molecule has 1 aliphatic rings. The first-order valence-corrected chi connectivity index (χ1v) is 11.8. The molecule has 35 heavy (non-hydrogen) atoms. The van der Waals surface area contributed by atoms with E-state index in [1.54, 1.807) is 54.6 Å². The van der Waals surface area contributed by atoms with Gasteiger partial charge in [-0.3, -0.25) is 9.59 Å². The zero-order valence-corrected chi connectivity index (χ0v) is 20.9. The monoisotopic (exact) mass is 513 g/mol. The molecule has 1 heterocycles. The summed E-state index contributed by atoms with van der Waals surface area (Å²) in [7, 11) is 3.00. The van der Waals surface area contributed by atoms with Crippen molar-refractivity contribution in [2.24, 2.45) is 0 Å². The third-order valence-corrected chi connectivity index (χ3v) is 6.41. The summed E-state index contributed by atoms with van der Waals surface area (Å²) in [5.41, 5.74) is 2.32. The van der Waals surface area contributed by atoms with Crippen molar-refractivity contribution in [3.05, 3.63) is 81.8 Å². The summed E-state index contributed by atoms with van der Waals surface area (Å²) in [4.78, 5) is 29.6. The number of nitrogens with zero attached hydrogens (tertiary/aromatic N) is 2. The number of carbonyl (C=O) groups excluding carboxylic acids is 2. The van der Waals surface area contributed by atoms with Crippen LogP contribution in [0.4, 0.5) is 11.4 Å². The molecule has 3 aromatic rings. The number of hydrogen-bond acceptors (Lipinski definition) is 5. The van der Waals surface area contributed by atoms with E-state index in [4.69, 9.17) is 32.7 Å². The molecule has 4 rings (SSSR count). The zero-order chi connectivity index (χ0) is 24.9. The second kappa shape index (κ2) is 10.9. The molecule has 1 saturated heterocycles. The molecule has 3 aromatic carbocycles. The number of benzene rings is 3. The zero-order valence-electron chi connectivity index (χ0n) is 19.4. The Hall–Kier alpha value is -3.42. The second-order valence-electron chi connectivity index (χ2n) is 7.94. The Kier molecular flexibility index (Phi) is 7.68. The highest BCUT2D eigenvalue weighted by Crippen LogP contribution is 2.32. The van der Waals surface area contributed by atoms with Crippen LogP contribution in [-0.4, -0.2) is 57.1 Å². The summed E-state index contributed by atoms with van der Waals surface area (Å²) in [5, 5.41) is 3.96. The van der Waals surface area contributed by atoms with Crippen molar-refractivity contribution in [2.75, 3.05) is 50.6 Å². The molecule has 0 spiro atoms. The molecule has 0 atom stereocenters. The van der Waals surface area contributed by atoms with Gasteiger partial charge in [-0.15, -0.1) is 0 Å². The Morgan fingerprint density at radius 3 is 2.06 bits per heavy atom. The summed E-state index contributed by atoms with van der Waals surface area (Å²) >= 11 is 12.5. The van der Waals surface area contributed by atoms with E-state index in [2.05, 4.69) is 10.2 Å². The van der Waals surface area contributed by atoms with Crippen molar-refractivity contribution in [2.45, 2.75) is 0 Å². The van der Waals surface area contributed by atoms with E-state index < -0.39 is 0 Å². The van der Waals surface area contributed by atoms with Crippen molar-refractivity contribution in [3.63, 3.8) is 0 Å². The fourth-order valence-electron chi connectivity index (χ4n) is 4.04. The van der Waals surface area contributed by atoms with Crippen LogP contribution in [0.15, 0.2) is 60.7 Å². The lowest BCUT2D eigenvalue weighted by atomic mass is 10.1. The van der Waals surface area contributed by atoms with Crippen LogP contribution in [0, 0.1) is 0 Å². The number of amides is 2. The van der Waals surface area contributed by atoms with Crippen LogP contribution in [0.3, 0.4) is 0 Å². The maximum atomic E-state index is 12.9. The summed E-state index contributed by atoms with van der Waals surface area (Å²) in [6, 6.07) is 17.4. The molecule has 1 N–H and O–H groups in total. The molecule has 1 fully saturated rings. The largest absolute Gasteiger partial charge is 0.496 e. The van der Waals surface area contributed by atoms with Gasteiger partial charge in [-0.2, -0.15) is 0 Å². The van der Waals surface area contributed by atoms with Gasteiger partial charge in [-0.1, -0.05) is 29.3 Å². The average Bonchev–Trinajstić information content (AvgIpc) is 2.88. The van der Waals surface area contributed by atoms with Gasteiger partial charge in [-0.25, -0.2) is 0 Å². The third kappa shape index (κ3) is 5.47. The first-order valence-electron chi connectivity index (χ1n) is 11.0. The van der Waals surface area contributed by atoms with Crippen LogP contribution in [0.25, 0.3) is 0 Å². The van der Waals surface area contributed by atoms with Crippen molar-refractivity contribution in [1.29, 1.82) is 0 Å². The van der Waals surface area contributed by atoms with Crippen molar-refractivity contribution < 1.29 is 19.1 Å². The van der Waals surface area contributed by atoms with Crippen LogP contribution >= 0.6 is 23.2 Å². The van der Waals surface area contributed by atoms with Gasteiger partial charge in [0.05, 0.1) is 24.9 Å². The molecule has 182 valence electrons. The number of anilines is 2. The minimum absolute atomic E-state index is 0.0164. The Labute approximate surface area is 214 Å². The number of piperazine rings is 1. The predicted molar refractivity (Wildman–Crippen MR) is 139 cm³/mol. The van der Waals surface area contributed by atoms with E-state index in [1.807, 2.05) is 11.0 Å². The summed E-state index contributed by atoms with van der Waals surface area (Å²) in [6.45, 7) is 2.43. The highest BCUT2D eigenvalue weighted by atomic mass is 35.5. The van der Waals surface area contributed by atoms with Crippen LogP contribution in [0.5, 0.6) is 11.5 Å². The van der Waals surface area contributed by atoms with E-state index in [0.29, 0.717) is 64.5 Å². The molecule has 0 saturated carbocycles. The van der Waals surface area contributed by atoms with E-state index in [-0.39, 0.29) is 11.8 Å². The Morgan fingerprint density at radius 2 is 1.49 bits per heavy atom. The molecule has 0 bridgehead atoms. The van der Waals surface area contributed by atoms with E-state index in [9.17, 15) is 9.59 Å². The van der Waals surface area contributed by atoms with Crippen molar-refractivity contribution >= 4 is 46.4 Å². The molecule has 0 radical (unpaired) electrons. The number of halogens is 2. The number of carbonyl (C=O) groups is 2. The first-order chi connectivity index (χ1) is 16.9. The topological polar surface area (TPSA) is 71.1 Å². The lowest BCUT2D eigenvalue weighted by molar-refractivity contribution is 0.0746. The van der Waals surface area contributed by atoms with Crippen molar-refractivity contribution in [1.82, 2.24) is 4.90 Å². The van der Waals surface area contributed by atoms with Crippen molar-refractivity contribution in [3.8, 4) is 11.5 Å². The van der Waals surface area contributed by atoms with E-state index in [1.165, 1.54) is 14.2 Å². The summed E-state index contributed by atoms with van der Waals surface area (Å²) < 4.78 is 10.6. The minimum Gasteiger partial charge on any atom is -0.496 e. The van der Waals surface area contributed by atoms with Gasteiger partial charge in [0.15, 0.2) is 0 Å². The molecule has 0 aromatic heterocycles. The van der Waals surface area contributed by atoms with E-state index >= 15 is 0 Å². The highest BCUT2D eigenvalue weighted by molar-refractivity contribution is 6.33. The maximum Gasteiger partial charge on any atom is 0.263 e. The number of nitrogens with one attached hydrogen (secondary N) is 1. The molecular weight excluding hydrogens is 489 g/mol. The average molecular weight is 514 g/mol. The molecule has 2 amide bonds. The summed E-state index contributed by atoms with van der Waals surface area (Å²) in [6.07, 6.45) is 0. The summed E-state index contributed by atoms with van der Waals surface area (Å²) in [5.74, 6) is 0.445. The minimum atomic E-state index is -0.363. The molecule has 1 aliphatic heterocycles. The molecular formula is C26H25Cl2N3O4. The lowest BCUT2D eigenvalue weighted by Gasteiger charge is -2.36. The predicted octanol–water partition coefficient (Wildman–Crippen LogP) is 5.23. The Balaban J connectivity index is 1.42. The highest BCUT2D eigenvalue weighted by Gasteiger charge is 2.24. The molecule has 0 unspecified atom stereocenters. The number of methoxy groups -OCH3 is 2. The maximum absolute atomic E-state index is 12.9. The standard InChI is InChI=1S/C26H25Cl2N3O4/c1-34-22-4-3-5-23(35-2)24(22)25(32)29-19-10-11-21(20(28)16-19)30-12-14-31(15-13-30)26(33)17-6-8-18(27)9-7-17/h3-11,16H,12-15H2,1-2H3,(H,29,32). The van der Waals surface area contributed by atoms with Gasteiger partial charge in [0.25, 0.3) is 11.8 Å². The van der Waals surface area contributed by atoms with Gasteiger partial charge in [0.1, 0.15) is 17.1 Å². The fraction of sp³-hybridized carbons (Fsp3) is 0.231. The quantitative estimate of drug-likeness (QED) is 0.488. The lowest BCUT2D eigenvalue weighted by Crippen LogP contribution is -2.48. The number of hydrogen-bond donors (Lipinski definition) is 1. The van der Waals surface area contributed by atoms with Gasteiger partial charge >= 0.3 is 0 Å². The SMILES string of the molecule is COc1cccc(OC)c1C(=O)Nc1ccc(N2CCN(C(=O)c3ccc(Cl)cc3)CC2)c(Cl)c1. The Morgan fingerprint density at radius 1 is 0.857 bits per heavy atom. The first kappa shape index (κ1) is 24.7. The molecule has 7 nitrogen and oxygen atoms in total. The van der Waals surface area contributed by atoms with E-state index in [0.717, 1.165) is 5.69 Å². The Bertz CT molecular complexity index is 1200. The second-order valence-corrected chi connectivity index (χ2v) is 8.79. The third-order valence-electron chi connectivity index (χ3n) is 5.86. The smallest absolute Gasteiger partial charge is 0.263 e. The van der Waals surface area contributed by atoms with Crippen LogP contribution in [0.2, 0.25) is 10.0 Å². The fourth-order valence-corrected chi connectivity index (χ4v) is 4.46.